The first-order valence-electron chi connectivity index (χ1n) is 4.25. The fourth-order valence-electron chi connectivity index (χ4n) is 1.20. The predicted octanol–water partition coefficient (Wildman–Crippen LogP) is 2.63. The number of allylic oxidation sites excluding steroid dienone is 1. The van der Waals surface area contributed by atoms with Gasteiger partial charge in [-0.05, 0) is 30.0 Å². The van der Waals surface area contributed by atoms with Crippen LogP contribution in [0, 0.1) is 11.3 Å². The van der Waals surface area contributed by atoms with Gasteiger partial charge in [-0.1, -0.05) is 13.0 Å². The summed E-state index contributed by atoms with van der Waals surface area (Å²) < 4.78 is 0. The fraction of sp³-hybridized carbons (Fsp3) is 0.273. The standard InChI is InChI=1S/C11H12N2/c1-3-4-9(2)10-5-6-13-11(7-10)8-12/h3,5-7,9H,1,4H2,2H3. The summed E-state index contributed by atoms with van der Waals surface area (Å²) >= 11 is 0. The van der Waals surface area contributed by atoms with E-state index in [2.05, 4.69) is 18.5 Å². The van der Waals surface area contributed by atoms with Gasteiger partial charge >= 0.3 is 0 Å². The van der Waals surface area contributed by atoms with Crippen LogP contribution in [-0.2, 0) is 0 Å². The molecule has 0 aliphatic heterocycles. The molecule has 1 atom stereocenters. The lowest BCUT2D eigenvalue weighted by Gasteiger charge is -2.08. The van der Waals surface area contributed by atoms with Gasteiger partial charge < -0.3 is 0 Å². The van der Waals surface area contributed by atoms with Gasteiger partial charge in [0, 0.05) is 6.20 Å². The van der Waals surface area contributed by atoms with E-state index < -0.39 is 0 Å². The van der Waals surface area contributed by atoms with Crippen molar-refractivity contribution in [2.45, 2.75) is 19.3 Å². The number of rotatable bonds is 3. The summed E-state index contributed by atoms with van der Waals surface area (Å²) in [5, 5.41) is 8.64. The third-order valence-electron chi connectivity index (χ3n) is 1.99. The Morgan fingerprint density at radius 2 is 2.54 bits per heavy atom. The first kappa shape index (κ1) is 9.47. The van der Waals surface area contributed by atoms with E-state index in [1.807, 2.05) is 24.3 Å². The molecule has 0 aliphatic rings. The lowest BCUT2D eigenvalue weighted by atomic mass is 9.98. The molecule has 0 amide bonds. The molecule has 0 aliphatic carbocycles. The first-order chi connectivity index (χ1) is 6.27. The molecule has 1 aromatic heterocycles. The Hall–Kier alpha value is -1.62. The maximum absolute atomic E-state index is 8.64. The van der Waals surface area contributed by atoms with Crippen molar-refractivity contribution in [1.82, 2.24) is 4.98 Å². The van der Waals surface area contributed by atoms with Gasteiger partial charge in [0.05, 0.1) is 0 Å². The molecule has 1 heterocycles. The van der Waals surface area contributed by atoms with Gasteiger partial charge in [-0.15, -0.1) is 6.58 Å². The lowest BCUT2D eigenvalue weighted by molar-refractivity contribution is 0.779. The highest BCUT2D eigenvalue weighted by Crippen LogP contribution is 2.18. The van der Waals surface area contributed by atoms with Crippen LogP contribution >= 0.6 is 0 Å². The molecule has 0 aromatic carbocycles. The Kier molecular flexibility index (Phi) is 3.22. The van der Waals surface area contributed by atoms with Crippen molar-refractivity contribution in [3.63, 3.8) is 0 Å². The third-order valence-corrected chi connectivity index (χ3v) is 1.99. The molecule has 1 aromatic rings. The van der Waals surface area contributed by atoms with Crippen molar-refractivity contribution in [3.8, 4) is 6.07 Å². The molecular formula is C11H12N2. The van der Waals surface area contributed by atoms with Crippen LogP contribution in [0.3, 0.4) is 0 Å². The molecule has 0 saturated carbocycles. The first-order valence-corrected chi connectivity index (χ1v) is 4.25. The SMILES string of the molecule is C=CCC(C)c1ccnc(C#N)c1. The summed E-state index contributed by atoms with van der Waals surface area (Å²) in [5.41, 5.74) is 1.62. The normalized spacial score (nSPS) is 11.7. The van der Waals surface area contributed by atoms with Gasteiger partial charge in [-0.2, -0.15) is 5.26 Å². The summed E-state index contributed by atoms with van der Waals surface area (Å²) in [4.78, 5) is 3.91. The molecule has 0 saturated heterocycles. The fourth-order valence-corrected chi connectivity index (χ4v) is 1.20. The largest absolute Gasteiger partial charge is 0.246 e. The maximum atomic E-state index is 8.64. The molecule has 0 N–H and O–H groups in total. The van der Waals surface area contributed by atoms with Gasteiger partial charge in [0.25, 0.3) is 0 Å². The number of nitriles is 1. The number of aromatic nitrogens is 1. The van der Waals surface area contributed by atoms with Crippen LogP contribution in [0.15, 0.2) is 31.0 Å². The Bertz CT molecular complexity index is 336. The molecular weight excluding hydrogens is 160 g/mol. The quantitative estimate of drug-likeness (QED) is 0.657. The Labute approximate surface area is 78.5 Å². The number of hydrogen-bond acceptors (Lipinski definition) is 2. The topological polar surface area (TPSA) is 36.7 Å². The Morgan fingerprint density at radius 1 is 1.77 bits per heavy atom. The predicted molar refractivity (Wildman–Crippen MR) is 52.2 cm³/mol. The van der Waals surface area contributed by atoms with Crippen molar-refractivity contribution < 1.29 is 0 Å². The summed E-state index contributed by atoms with van der Waals surface area (Å²) in [6, 6.07) is 5.79. The van der Waals surface area contributed by atoms with E-state index in [1.54, 1.807) is 6.20 Å². The second kappa shape index (κ2) is 4.42. The van der Waals surface area contributed by atoms with E-state index in [1.165, 1.54) is 0 Å². The van der Waals surface area contributed by atoms with Crippen LogP contribution in [0.2, 0.25) is 0 Å². The molecule has 2 nitrogen and oxygen atoms in total. The van der Waals surface area contributed by atoms with Crippen LogP contribution in [-0.4, -0.2) is 4.98 Å². The zero-order valence-corrected chi connectivity index (χ0v) is 7.70. The van der Waals surface area contributed by atoms with Crippen molar-refractivity contribution >= 4 is 0 Å². The zero-order chi connectivity index (χ0) is 9.68. The third kappa shape index (κ3) is 2.41. The van der Waals surface area contributed by atoms with Gasteiger partial charge in [-0.25, -0.2) is 4.98 Å². The Balaban J connectivity index is 2.89. The second-order valence-electron chi connectivity index (χ2n) is 3.01. The average molecular weight is 172 g/mol. The van der Waals surface area contributed by atoms with Gasteiger partial charge in [0.1, 0.15) is 11.8 Å². The van der Waals surface area contributed by atoms with Crippen LogP contribution in [0.4, 0.5) is 0 Å². The van der Waals surface area contributed by atoms with Crippen LogP contribution in [0.5, 0.6) is 0 Å². The average Bonchev–Trinajstić information content (AvgIpc) is 2.18. The summed E-state index contributed by atoms with van der Waals surface area (Å²) in [6.45, 7) is 5.80. The van der Waals surface area contributed by atoms with E-state index >= 15 is 0 Å². The van der Waals surface area contributed by atoms with Gasteiger partial charge in [0.2, 0.25) is 0 Å². The monoisotopic (exact) mass is 172 g/mol. The van der Waals surface area contributed by atoms with Crippen LogP contribution < -0.4 is 0 Å². The Morgan fingerprint density at radius 3 is 3.15 bits per heavy atom. The van der Waals surface area contributed by atoms with Crippen LogP contribution in [0.25, 0.3) is 0 Å². The number of pyridine rings is 1. The van der Waals surface area contributed by atoms with Gasteiger partial charge in [0.15, 0.2) is 0 Å². The van der Waals surface area contributed by atoms with E-state index in [-0.39, 0.29) is 0 Å². The summed E-state index contributed by atoms with van der Waals surface area (Å²) in [5.74, 6) is 0.410. The second-order valence-corrected chi connectivity index (χ2v) is 3.01. The molecule has 0 radical (unpaired) electrons. The summed E-state index contributed by atoms with van der Waals surface area (Å²) in [6.07, 6.45) is 4.49. The smallest absolute Gasteiger partial charge is 0.140 e. The molecule has 1 rings (SSSR count). The minimum atomic E-state index is 0.410. The molecule has 66 valence electrons. The zero-order valence-electron chi connectivity index (χ0n) is 7.70. The molecule has 13 heavy (non-hydrogen) atoms. The van der Waals surface area contributed by atoms with Crippen molar-refractivity contribution in [2.24, 2.45) is 0 Å². The lowest BCUT2D eigenvalue weighted by Crippen LogP contribution is -1.93. The molecule has 0 fully saturated rings. The van der Waals surface area contributed by atoms with E-state index in [4.69, 9.17) is 5.26 Å². The minimum absolute atomic E-state index is 0.410. The van der Waals surface area contributed by atoms with Crippen molar-refractivity contribution in [2.75, 3.05) is 0 Å². The highest BCUT2D eigenvalue weighted by Gasteiger charge is 2.03. The van der Waals surface area contributed by atoms with Crippen LogP contribution in [0.1, 0.15) is 30.5 Å². The molecule has 2 heteroatoms. The summed E-state index contributed by atoms with van der Waals surface area (Å²) in [7, 11) is 0. The van der Waals surface area contributed by atoms with E-state index in [9.17, 15) is 0 Å². The number of nitrogens with zero attached hydrogens (tertiary/aromatic N) is 2. The molecule has 0 spiro atoms. The highest BCUT2D eigenvalue weighted by molar-refractivity contribution is 5.27. The molecule has 1 unspecified atom stereocenters. The van der Waals surface area contributed by atoms with Crippen molar-refractivity contribution in [1.29, 1.82) is 5.26 Å². The molecule has 0 bridgehead atoms. The highest BCUT2D eigenvalue weighted by atomic mass is 14.7. The maximum Gasteiger partial charge on any atom is 0.140 e. The van der Waals surface area contributed by atoms with Crippen molar-refractivity contribution in [3.05, 3.63) is 42.2 Å². The van der Waals surface area contributed by atoms with E-state index in [0.717, 1.165) is 12.0 Å². The van der Waals surface area contributed by atoms with E-state index in [0.29, 0.717) is 11.6 Å². The van der Waals surface area contributed by atoms with Gasteiger partial charge in [-0.3, -0.25) is 0 Å². The number of hydrogen-bond donors (Lipinski definition) is 0. The minimum Gasteiger partial charge on any atom is -0.246 e.